The lowest BCUT2D eigenvalue weighted by Gasteiger charge is -2.36. The zero-order chi connectivity index (χ0) is 18.1. The van der Waals surface area contributed by atoms with E-state index in [0.29, 0.717) is 51.4 Å². The van der Waals surface area contributed by atoms with Gasteiger partial charge in [-0.15, -0.1) is 0 Å². The molecule has 2 fully saturated rings. The molecule has 3 heterocycles. The zero-order valence-electron chi connectivity index (χ0n) is 14.9. The van der Waals surface area contributed by atoms with Crippen LogP contribution in [0, 0.1) is 0 Å². The minimum atomic E-state index is -3.42. The summed E-state index contributed by atoms with van der Waals surface area (Å²) in [6, 6.07) is 0. The van der Waals surface area contributed by atoms with Gasteiger partial charge in [0, 0.05) is 38.2 Å². The van der Waals surface area contributed by atoms with Crippen molar-refractivity contribution in [3.63, 3.8) is 0 Å². The van der Waals surface area contributed by atoms with Gasteiger partial charge < -0.3 is 14.2 Å². The second-order valence-electron chi connectivity index (χ2n) is 7.21. The zero-order valence-corrected chi connectivity index (χ0v) is 15.7. The van der Waals surface area contributed by atoms with Gasteiger partial charge in [-0.2, -0.15) is 4.31 Å². The van der Waals surface area contributed by atoms with Crippen molar-refractivity contribution in [3.8, 4) is 0 Å². The second-order valence-corrected chi connectivity index (χ2v) is 9.42. The summed E-state index contributed by atoms with van der Waals surface area (Å²) >= 11 is 0. The van der Waals surface area contributed by atoms with Gasteiger partial charge in [-0.3, -0.25) is 4.79 Å². The monoisotopic (exact) mass is 383 g/mol. The normalized spacial score (nSPS) is 25.1. The van der Waals surface area contributed by atoms with Crippen molar-refractivity contribution < 1.29 is 22.5 Å². The van der Waals surface area contributed by atoms with E-state index >= 15 is 0 Å². The van der Waals surface area contributed by atoms with E-state index in [0.717, 1.165) is 37.0 Å². The molecule has 144 valence electrons. The van der Waals surface area contributed by atoms with Crippen molar-refractivity contribution >= 4 is 15.9 Å². The summed E-state index contributed by atoms with van der Waals surface area (Å²) in [6.45, 7) is 2.43. The number of rotatable bonds is 3. The Morgan fingerprint density at radius 2 is 1.85 bits per heavy atom. The van der Waals surface area contributed by atoms with E-state index in [-0.39, 0.29) is 12.5 Å². The quantitative estimate of drug-likeness (QED) is 0.767. The van der Waals surface area contributed by atoms with Crippen LogP contribution in [0.25, 0.3) is 0 Å². The number of ether oxygens (including phenoxy) is 1. The second kappa shape index (κ2) is 7.28. The Balaban J connectivity index is 1.50. The van der Waals surface area contributed by atoms with Gasteiger partial charge in [-0.1, -0.05) is 5.16 Å². The molecule has 0 aromatic carbocycles. The molecule has 2 aliphatic heterocycles. The number of aryl methyl sites for hydroxylation is 1. The van der Waals surface area contributed by atoms with E-state index in [4.69, 9.17) is 9.26 Å². The van der Waals surface area contributed by atoms with E-state index in [1.165, 1.54) is 4.31 Å². The standard InChI is InChI=1S/C17H25N3O5S/c21-17(16-14-5-1-2-6-15(14)25-18-16)19-7-3-4-13(12-19)26(22,23)20-8-10-24-11-9-20/h13H,1-12H2. The minimum Gasteiger partial charge on any atom is -0.379 e. The van der Waals surface area contributed by atoms with Gasteiger partial charge in [0.2, 0.25) is 10.0 Å². The molecule has 2 saturated heterocycles. The molecule has 1 atom stereocenters. The first-order chi connectivity index (χ1) is 12.6. The number of aromatic nitrogens is 1. The third-order valence-corrected chi connectivity index (χ3v) is 7.88. The summed E-state index contributed by atoms with van der Waals surface area (Å²) in [7, 11) is -3.42. The van der Waals surface area contributed by atoms with Crippen molar-refractivity contribution in [2.45, 2.75) is 43.8 Å². The average molecular weight is 383 g/mol. The van der Waals surface area contributed by atoms with Crippen molar-refractivity contribution in [2.75, 3.05) is 39.4 Å². The number of piperidine rings is 1. The van der Waals surface area contributed by atoms with E-state index in [1.807, 2.05) is 0 Å². The fraction of sp³-hybridized carbons (Fsp3) is 0.765. The Bertz CT molecular complexity index is 769. The Morgan fingerprint density at radius 3 is 2.65 bits per heavy atom. The highest BCUT2D eigenvalue weighted by Crippen LogP contribution is 2.27. The number of hydrogen-bond donors (Lipinski definition) is 0. The lowest BCUT2D eigenvalue weighted by Crippen LogP contribution is -2.52. The van der Waals surface area contributed by atoms with E-state index in [9.17, 15) is 13.2 Å². The third kappa shape index (κ3) is 3.27. The predicted octanol–water partition coefficient (Wildman–Crippen LogP) is 0.820. The molecule has 1 aliphatic carbocycles. The summed E-state index contributed by atoms with van der Waals surface area (Å²) in [4.78, 5) is 14.6. The van der Waals surface area contributed by atoms with Gasteiger partial charge in [0.25, 0.3) is 5.91 Å². The summed E-state index contributed by atoms with van der Waals surface area (Å²) in [5.74, 6) is 0.618. The number of sulfonamides is 1. The molecule has 26 heavy (non-hydrogen) atoms. The van der Waals surface area contributed by atoms with Crippen molar-refractivity contribution in [2.24, 2.45) is 0 Å². The van der Waals surface area contributed by atoms with Crippen LogP contribution in [0.15, 0.2) is 4.52 Å². The third-order valence-electron chi connectivity index (χ3n) is 5.57. The first kappa shape index (κ1) is 17.9. The van der Waals surface area contributed by atoms with Gasteiger partial charge in [-0.05, 0) is 32.1 Å². The molecule has 0 saturated carbocycles. The van der Waals surface area contributed by atoms with Crippen molar-refractivity contribution in [3.05, 3.63) is 17.0 Å². The molecule has 0 radical (unpaired) electrons. The van der Waals surface area contributed by atoms with Crippen LogP contribution in [0.1, 0.15) is 47.5 Å². The molecule has 1 aromatic rings. The van der Waals surface area contributed by atoms with Gasteiger partial charge in [0.1, 0.15) is 5.76 Å². The van der Waals surface area contributed by atoms with Gasteiger partial charge in [0.15, 0.2) is 5.69 Å². The number of amides is 1. The van der Waals surface area contributed by atoms with Crippen LogP contribution >= 0.6 is 0 Å². The van der Waals surface area contributed by atoms with Gasteiger partial charge >= 0.3 is 0 Å². The van der Waals surface area contributed by atoms with Crippen LogP contribution in [0.5, 0.6) is 0 Å². The number of carbonyl (C=O) groups is 1. The van der Waals surface area contributed by atoms with E-state index in [2.05, 4.69) is 5.16 Å². The van der Waals surface area contributed by atoms with E-state index < -0.39 is 15.3 Å². The Morgan fingerprint density at radius 1 is 1.08 bits per heavy atom. The molecule has 8 nitrogen and oxygen atoms in total. The Hall–Kier alpha value is -1.45. The number of hydrogen-bond acceptors (Lipinski definition) is 6. The van der Waals surface area contributed by atoms with E-state index in [1.54, 1.807) is 4.90 Å². The number of nitrogens with zero attached hydrogens (tertiary/aromatic N) is 3. The summed E-state index contributed by atoms with van der Waals surface area (Å²) in [5.41, 5.74) is 1.29. The van der Waals surface area contributed by atoms with Crippen molar-refractivity contribution in [1.82, 2.24) is 14.4 Å². The lowest BCUT2D eigenvalue weighted by atomic mass is 9.96. The molecule has 0 N–H and O–H groups in total. The number of carbonyl (C=O) groups excluding carboxylic acids is 1. The van der Waals surface area contributed by atoms with Crippen LogP contribution < -0.4 is 0 Å². The lowest BCUT2D eigenvalue weighted by molar-refractivity contribution is 0.0680. The smallest absolute Gasteiger partial charge is 0.276 e. The topological polar surface area (TPSA) is 93.0 Å². The number of morpholine rings is 1. The Kier molecular flexibility index (Phi) is 5.02. The SMILES string of the molecule is O=C(c1noc2c1CCCC2)N1CCCC(S(=O)(=O)N2CCOCC2)C1. The van der Waals surface area contributed by atoms with Crippen LogP contribution in [0.2, 0.25) is 0 Å². The largest absolute Gasteiger partial charge is 0.379 e. The first-order valence-electron chi connectivity index (χ1n) is 9.41. The fourth-order valence-electron chi connectivity index (χ4n) is 4.08. The molecule has 0 spiro atoms. The molecular weight excluding hydrogens is 358 g/mol. The molecule has 4 rings (SSSR count). The molecule has 1 aromatic heterocycles. The molecule has 9 heteroatoms. The average Bonchev–Trinajstić information content (AvgIpc) is 3.12. The fourth-order valence-corrected chi connectivity index (χ4v) is 5.99. The number of fused-ring (bicyclic) bond motifs is 1. The summed E-state index contributed by atoms with van der Waals surface area (Å²) in [5, 5.41) is 3.45. The maximum Gasteiger partial charge on any atom is 0.276 e. The van der Waals surface area contributed by atoms with Crippen LogP contribution in [-0.2, 0) is 27.6 Å². The van der Waals surface area contributed by atoms with Crippen LogP contribution in [-0.4, -0.2) is 73.3 Å². The van der Waals surface area contributed by atoms with Gasteiger partial charge in [0.05, 0.1) is 18.5 Å². The minimum absolute atomic E-state index is 0.196. The molecule has 3 aliphatic rings. The first-order valence-corrected chi connectivity index (χ1v) is 10.9. The van der Waals surface area contributed by atoms with Crippen LogP contribution in [0.3, 0.4) is 0 Å². The highest BCUT2D eigenvalue weighted by Gasteiger charge is 2.38. The summed E-state index contributed by atoms with van der Waals surface area (Å²) < 4.78 is 38.0. The maximum absolute atomic E-state index is 13.0. The molecule has 0 bridgehead atoms. The highest BCUT2D eigenvalue weighted by atomic mass is 32.2. The summed E-state index contributed by atoms with van der Waals surface area (Å²) in [6.07, 6.45) is 4.98. The molecular formula is C17H25N3O5S. The van der Waals surface area contributed by atoms with Gasteiger partial charge in [-0.25, -0.2) is 8.42 Å². The molecule has 1 amide bonds. The Labute approximate surface area is 153 Å². The van der Waals surface area contributed by atoms with Crippen molar-refractivity contribution in [1.29, 1.82) is 0 Å². The maximum atomic E-state index is 13.0. The predicted molar refractivity (Wildman–Crippen MR) is 93.4 cm³/mol. The van der Waals surface area contributed by atoms with Crippen LogP contribution in [0.4, 0.5) is 0 Å². The highest BCUT2D eigenvalue weighted by molar-refractivity contribution is 7.89. The molecule has 1 unspecified atom stereocenters. The number of likely N-dealkylation sites (tertiary alicyclic amines) is 1.